The molecule has 28 heavy (non-hydrogen) atoms. The summed E-state index contributed by atoms with van der Waals surface area (Å²) in [6.07, 6.45) is 1.90. The van der Waals surface area contributed by atoms with Crippen LogP contribution in [0.3, 0.4) is 0 Å². The zero-order valence-electron chi connectivity index (χ0n) is 15.7. The average molecular weight is 405 g/mol. The monoisotopic (exact) mass is 404 g/mol. The van der Waals surface area contributed by atoms with Crippen molar-refractivity contribution >= 4 is 35.4 Å². The van der Waals surface area contributed by atoms with Crippen molar-refractivity contribution in [3.05, 3.63) is 64.2 Å². The summed E-state index contributed by atoms with van der Waals surface area (Å²) in [6.45, 7) is 3.20. The Kier molecular flexibility index (Phi) is 7.37. The molecule has 2 aromatic carbocycles. The number of amides is 1. The summed E-state index contributed by atoms with van der Waals surface area (Å²) in [5, 5.41) is 14.6. The minimum absolute atomic E-state index is 0. The number of anilines is 2. The van der Waals surface area contributed by atoms with Gasteiger partial charge in [-0.2, -0.15) is 0 Å². The minimum atomic E-state index is -0.469. The highest BCUT2D eigenvalue weighted by atomic mass is 35.5. The van der Waals surface area contributed by atoms with Gasteiger partial charge in [0.05, 0.1) is 4.92 Å². The Bertz CT molecular complexity index is 829. The number of hydrogen-bond donors (Lipinski definition) is 2. The molecule has 150 valence electrons. The fraction of sp³-hybridized carbons (Fsp3) is 0.350. The Labute approximate surface area is 170 Å². The first-order valence-electron chi connectivity index (χ1n) is 9.11. The molecule has 3 rings (SSSR count). The summed E-state index contributed by atoms with van der Waals surface area (Å²) in [6, 6.07) is 13.8. The van der Waals surface area contributed by atoms with E-state index in [4.69, 9.17) is 5.73 Å². The third-order valence-corrected chi connectivity index (χ3v) is 4.98. The molecule has 0 radical (unpaired) electrons. The molecule has 0 spiro atoms. The zero-order chi connectivity index (χ0) is 19.4. The number of nitrogens with two attached hydrogens (primary N) is 1. The number of carbonyl (C=O) groups is 1. The molecule has 2 aromatic rings. The Morgan fingerprint density at radius 3 is 2.64 bits per heavy atom. The predicted molar refractivity (Wildman–Crippen MR) is 112 cm³/mol. The summed E-state index contributed by atoms with van der Waals surface area (Å²) in [4.78, 5) is 25.7. The maximum Gasteiger partial charge on any atom is 0.293 e. The maximum absolute atomic E-state index is 12.9. The molecular formula is C20H25ClN4O3. The van der Waals surface area contributed by atoms with Crippen molar-refractivity contribution in [1.82, 2.24) is 4.90 Å². The van der Waals surface area contributed by atoms with Gasteiger partial charge < -0.3 is 16.0 Å². The van der Waals surface area contributed by atoms with Crippen molar-refractivity contribution in [2.75, 3.05) is 18.4 Å². The quantitative estimate of drug-likeness (QED) is 0.580. The van der Waals surface area contributed by atoms with Gasteiger partial charge in [-0.15, -0.1) is 12.4 Å². The van der Waals surface area contributed by atoms with Crippen molar-refractivity contribution < 1.29 is 9.72 Å². The number of rotatable bonds is 5. The molecule has 1 fully saturated rings. The van der Waals surface area contributed by atoms with Gasteiger partial charge in [0.1, 0.15) is 5.69 Å². The average Bonchev–Trinajstić information content (AvgIpc) is 2.68. The van der Waals surface area contributed by atoms with Gasteiger partial charge in [-0.25, -0.2) is 0 Å². The van der Waals surface area contributed by atoms with E-state index >= 15 is 0 Å². The van der Waals surface area contributed by atoms with Crippen molar-refractivity contribution in [2.45, 2.75) is 25.8 Å². The van der Waals surface area contributed by atoms with Crippen LogP contribution < -0.4 is 11.1 Å². The van der Waals surface area contributed by atoms with E-state index in [1.807, 2.05) is 37.3 Å². The second kappa shape index (κ2) is 9.52. The van der Waals surface area contributed by atoms with Crippen LogP contribution in [-0.4, -0.2) is 34.9 Å². The molecule has 0 saturated carbocycles. The fourth-order valence-electron chi connectivity index (χ4n) is 3.40. The number of nitro groups is 1. The standard InChI is InChI=1S/C20H24N4O3.ClH/c1-14(21)16-6-5-11-23(13-16)20(25)15-9-10-18(19(12-15)24(26)27)22-17-7-3-2-4-8-17;/h2-4,7-10,12,14,16,22H,5-6,11,13,21H2,1H3;1H. The lowest BCUT2D eigenvalue weighted by molar-refractivity contribution is -0.383. The molecule has 1 aliphatic heterocycles. The van der Waals surface area contributed by atoms with Crippen LogP contribution >= 0.6 is 12.4 Å². The number of nitro benzene ring substituents is 1. The number of nitrogens with zero attached hydrogens (tertiary/aromatic N) is 2. The molecule has 1 saturated heterocycles. The van der Waals surface area contributed by atoms with Crippen LogP contribution in [0.4, 0.5) is 17.1 Å². The summed E-state index contributed by atoms with van der Waals surface area (Å²) in [7, 11) is 0. The van der Waals surface area contributed by atoms with E-state index < -0.39 is 4.92 Å². The topological polar surface area (TPSA) is 102 Å². The van der Waals surface area contributed by atoms with Crippen LogP contribution in [0.15, 0.2) is 48.5 Å². The molecule has 0 aromatic heterocycles. The number of piperidine rings is 1. The van der Waals surface area contributed by atoms with Gasteiger partial charge in [0.2, 0.25) is 0 Å². The van der Waals surface area contributed by atoms with E-state index in [1.54, 1.807) is 17.0 Å². The Morgan fingerprint density at radius 1 is 1.29 bits per heavy atom. The largest absolute Gasteiger partial charge is 0.350 e. The van der Waals surface area contributed by atoms with Gasteiger partial charge in [-0.3, -0.25) is 14.9 Å². The molecule has 8 heteroatoms. The van der Waals surface area contributed by atoms with Crippen LogP contribution in [0.25, 0.3) is 0 Å². The lowest BCUT2D eigenvalue weighted by Crippen LogP contribution is -2.45. The van der Waals surface area contributed by atoms with Crippen LogP contribution in [0.1, 0.15) is 30.1 Å². The second-order valence-electron chi connectivity index (χ2n) is 6.99. The van der Waals surface area contributed by atoms with Crippen LogP contribution in [0.5, 0.6) is 0 Å². The van der Waals surface area contributed by atoms with Gasteiger partial charge in [-0.1, -0.05) is 18.2 Å². The molecule has 3 N–H and O–H groups in total. The number of halogens is 1. The van der Waals surface area contributed by atoms with E-state index in [-0.39, 0.29) is 36.0 Å². The van der Waals surface area contributed by atoms with E-state index in [0.717, 1.165) is 18.5 Å². The number of likely N-dealkylation sites (tertiary alicyclic amines) is 1. The number of para-hydroxylation sites is 1. The highest BCUT2D eigenvalue weighted by Gasteiger charge is 2.27. The second-order valence-corrected chi connectivity index (χ2v) is 6.99. The lowest BCUT2D eigenvalue weighted by Gasteiger charge is -2.34. The number of hydrogen-bond acceptors (Lipinski definition) is 5. The first kappa shape index (κ1) is 21.7. The summed E-state index contributed by atoms with van der Waals surface area (Å²) >= 11 is 0. The summed E-state index contributed by atoms with van der Waals surface area (Å²) in [5.74, 6) is 0.0754. The summed E-state index contributed by atoms with van der Waals surface area (Å²) < 4.78 is 0. The molecular weight excluding hydrogens is 380 g/mol. The molecule has 1 heterocycles. The van der Waals surface area contributed by atoms with E-state index in [2.05, 4.69) is 5.32 Å². The molecule has 0 aliphatic carbocycles. The van der Waals surface area contributed by atoms with E-state index in [1.165, 1.54) is 6.07 Å². The van der Waals surface area contributed by atoms with Gasteiger partial charge >= 0.3 is 0 Å². The van der Waals surface area contributed by atoms with E-state index in [0.29, 0.717) is 24.3 Å². The van der Waals surface area contributed by atoms with Crippen LogP contribution in [-0.2, 0) is 0 Å². The van der Waals surface area contributed by atoms with Gasteiger partial charge in [0, 0.05) is 36.4 Å². The van der Waals surface area contributed by atoms with Crippen LogP contribution in [0, 0.1) is 16.0 Å². The molecule has 1 amide bonds. The lowest BCUT2D eigenvalue weighted by atomic mass is 9.92. The SMILES string of the molecule is CC(N)C1CCCN(C(=O)c2ccc(Nc3ccccc3)c([N+](=O)[O-])c2)C1.Cl. The van der Waals surface area contributed by atoms with Gasteiger partial charge in [0.15, 0.2) is 0 Å². The number of benzene rings is 2. The highest BCUT2D eigenvalue weighted by molar-refractivity contribution is 5.96. The molecule has 7 nitrogen and oxygen atoms in total. The van der Waals surface area contributed by atoms with Crippen LogP contribution in [0.2, 0.25) is 0 Å². The molecule has 1 aliphatic rings. The third-order valence-electron chi connectivity index (χ3n) is 4.98. The minimum Gasteiger partial charge on any atom is -0.350 e. The molecule has 2 unspecified atom stereocenters. The van der Waals surface area contributed by atoms with E-state index in [9.17, 15) is 14.9 Å². The first-order chi connectivity index (χ1) is 13.0. The molecule has 0 bridgehead atoms. The van der Waals surface area contributed by atoms with Crippen molar-refractivity contribution in [3.63, 3.8) is 0 Å². The fourth-order valence-corrected chi connectivity index (χ4v) is 3.40. The smallest absolute Gasteiger partial charge is 0.293 e. The van der Waals surface area contributed by atoms with Crippen molar-refractivity contribution in [1.29, 1.82) is 0 Å². The number of carbonyl (C=O) groups excluding carboxylic acids is 1. The van der Waals surface area contributed by atoms with Crippen molar-refractivity contribution in [3.8, 4) is 0 Å². The predicted octanol–water partition coefficient (Wildman–Crippen LogP) is 3.96. The first-order valence-corrected chi connectivity index (χ1v) is 9.11. The summed E-state index contributed by atoms with van der Waals surface area (Å²) in [5.41, 5.74) is 7.30. The van der Waals surface area contributed by atoms with Gasteiger partial charge in [-0.05, 0) is 49.9 Å². The molecule has 2 atom stereocenters. The Hall–Kier alpha value is -2.64. The van der Waals surface area contributed by atoms with Gasteiger partial charge in [0.25, 0.3) is 11.6 Å². The normalized spacial score (nSPS) is 17.4. The Balaban J connectivity index is 0.00000280. The number of nitrogens with one attached hydrogen (secondary N) is 1. The zero-order valence-corrected chi connectivity index (χ0v) is 16.5. The third kappa shape index (κ3) is 4.99. The Morgan fingerprint density at radius 2 is 2.00 bits per heavy atom. The highest BCUT2D eigenvalue weighted by Crippen LogP contribution is 2.30. The maximum atomic E-state index is 12.9. The van der Waals surface area contributed by atoms with Crippen molar-refractivity contribution in [2.24, 2.45) is 11.7 Å².